The summed E-state index contributed by atoms with van der Waals surface area (Å²) in [6.45, 7) is 5.96. The highest BCUT2D eigenvalue weighted by atomic mass is 16.5. The molecular formula is C11H18N2O. The Morgan fingerprint density at radius 1 is 1.36 bits per heavy atom. The van der Waals surface area contributed by atoms with Crippen LogP contribution in [-0.4, -0.2) is 17.1 Å². The van der Waals surface area contributed by atoms with Crippen molar-refractivity contribution in [3.8, 4) is 0 Å². The number of hydrogen-bond donors (Lipinski definition) is 1. The van der Waals surface area contributed by atoms with Gasteiger partial charge >= 0.3 is 0 Å². The predicted octanol–water partition coefficient (Wildman–Crippen LogP) is 1.89. The second-order valence-electron chi connectivity index (χ2n) is 3.75. The highest BCUT2D eigenvalue weighted by Crippen LogP contribution is 2.20. The maximum Gasteiger partial charge on any atom is 0.0991 e. The van der Waals surface area contributed by atoms with Gasteiger partial charge in [-0.3, -0.25) is 4.98 Å². The lowest BCUT2D eigenvalue weighted by atomic mass is 10.1. The van der Waals surface area contributed by atoms with E-state index in [2.05, 4.69) is 4.98 Å². The Bertz CT molecular complexity index is 259. The highest BCUT2D eigenvalue weighted by Gasteiger charge is 2.17. The van der Waals surface area contributed by atoms with Crippen LogP contribution in [0.3, 0.4) is 0 Å². The van der Waals surface area contributed by atoms with Crippen molar-refractivity contribution in [1.29, 1.82) is 0 Å². The second-order valence-corrected chi connectivity index (χ2v) is 3.75. The van der Waals surface area contributed by atoms with Gasteiger partial charge in [0.15, 0.2) is 0 Å². The maximum absolute atomic E-state index is 5.86. The Balaban J connectivity index is 2.78. The molecule has 0 aliphatic carbocycles. The van der Waals surface area contributed by atoms with Crippen LogP contribution in [0.15, 0.2) is 24.5 Å². The smallest absolute Gasteiger partial charge is 0.0991 e. The molecule has 2 unspecified atom stereocenters. The number of nitrogens with two attached hydrogens (primary N) is 1. The van der Waals surface area contributed by atoms with Crippen LogP contribution in [0, 0.1) is 0 Å². The van der Waals surface area contributed by atoms with Gasteiger partial charge in [0, 0.05) is 24.0 Å². The summed E-state index contributed by atoms with van der Waals surface area (Å²) in [5.74, 6) is 0. The van der Waals surface area contributed by atoms with Gasteiger partial charge in [0.2, 0.25) is 0 Å². The normalized spacial score (nSPS) is 15.5. The number of hydrogen-bond acceptors (Lipinski definition) is 3. The first-order valence-electron chi connectivity index (χ1n) is 4.92. The molecule has 78 valence electrons. The van der Waals surface area contributed by atoms with E-state index in [1.807, 2.05) is 32.9 Å². The van der Waals surface area contributed by atoms with Crippen molar-refractivity contribution in [3.05, 3.63) is 30.1 Å². The summed E-state index contributed by atoms with van der Waals surface area (Å²) in [6, 6.07) is 3.86. The third-order valence-electron chi connectivity index (χ3n) is 1.91. The van der Waals surface area contributed by atoms with Crippen LogP contribution in [-0.2, 0) is 4.74 Å². The Hall–Kier alpha value is -0.930. The number of rotatable bonds is 4. The molecule has 0 amide bonds. The molecule has 2 atom stereocenters. The van der Waals surface area contributed by atoms with Gasteiger partial charge in [-0.2, -0.15) is 0 Å². The van der Waals surface area contributed by atoms with Gasteiger partial charge in [0.05, 0.1) is 12.2 Å². The number of aromatic nitrogens is 1. The van der Waals surface area contributed by atoms with Crippen molar-refractivity contribution in [2.75, 3.05) is 0 Å². The zero-order valence-corrected chi connectivity index (χ0v) is 8.97. The van der Waals surface area contributed by atoms with E-state index in [4.69, 9.17) is 10.5 Å². The first-order chi connectivity index (χ1) is 6.61. The predicted molar refractivity (Wildman–Crippen MR) is 56.8 cm³/mol. The molecule has 0 bridgehead atoms. The van der Waals surface area contributed by atoms with Crippen LogP contribution >= 0.6 is 0 Å². The highest BCUT2D eigenvalue weighted by molar-refractivity contribution is 5.13. The average molecular weight is 194 g/mol. The molecular weight excluding hydrogens is 176 g/mol. The maximum atomic E-state index is 5.86. The lowest BCUT2D eigenvalue weighted by Gasteiger charge is -2.23. The van der Waals surface area contributed by atoms with Gasteiger partial charge in [-0.1, -0.05) is 6.07 Å². The van der Waals surface area contributed by atoms with Gasteiger partial charge in [0.25, 0.3) is 0 Å². The average Bonchev–Trinajstić information content (AvgIpc) is 2.15. The third kappa shape index (κ3) is 3.09. The summed E-state index contributed by atoms with van der Waals surface area (Å²) in [5, 5.41) is 0. The van der Waals surface area contributed by atoms with E-state index in [1.165, 1.54) is 0 Å². The van der Waals surface area contributed by atoms with Crippen molar-refractivity contribution in [2.24, 2.45) is 5.73 Å². The quantitative estimate of drug-likeness (QED) is 0.796. The summed E-state index contributed by atoms with van der Waals surface area (Å²) < 4.78 is 5.73. The van der Waals surface area contributed by atoms with Crippen LogP contribution in [0.4, 0.5) is 0 Å². The summed E-state index contributed by atoms with van der Waals surface area (Å²) in [5.41, 5.74) is 6.90. The van der Waals surface area contributed by atoms with E-state index >= 15 is 0 Å². The fourth-order valence-electron chi connectivity index (χ4n) is 1.34. The van der Waals surface area contributed by atoms with Gasteiger partial charge < -0.3 is 10.5 Å². The minimum absolute atomic E-state index is 0.0263. The molecule has 0 radical (unpaired) electrons. The van der Waals surface area contributed by atoms with Crippen molar-refractivity contribution < 1.29 is 4.74 Å². The van der Waals surface area contributed by atoms with E-state index in [0.717, 1.165) is 5.56 Å². The van der Waals surface area contributed by atoms with Crippen molar-refractivity contribution in [3.63, 3.8) is 0 Å². The molecule has 0 spiro atoms. The standard InChI is InChI=1S/C11H18N2O/c1-8(2)14-11(9(3)12)10-5-4-6-13-7-10/h4-9,11H,12H2,1-3H3. The van der Waals surface area contributed by atoms with E-state index in [1.54, 1.807) is 12.4 Å². The molecule has 0 saturated heterocycles. The topological polar surface area (TPSA) is 48.1 Å². The first-order valence-corrected chi connectivity index (χ1v) is 4.92. The summed E-state index contributed by atoms with van der Waals surface area (Å²) in [7, 11) is 0. The minimum Gasteiger partial charge on any atom is -0.369 e. The fraction of sp³-hybridized carbons (Fsp3) is 0.545. The molecule has 1 aromatic rings. The second kappa shape index (κ2) is 5.08. The molecule has 3 heteroatoms. The van der Waals surface area contributed by atoms with Crippen LogP contribution in [0.1, 0.15) is 32.4 Å². The van der Waals surface area contributed by atoms with Crippen molar-refractivity contribution in [1.82, 2.24) is 4.98 Å². The number of nitrogens with zero attached hydrogens (tertiary/aromatic N) is 1. The fourth-order valence-corrected chi connectivity index (χ4v) is 1.34. The van der Waals surface area contributed by atoms with E-state index < -0.39 is 0 Å². The first kappa shape index (κ1) is 11.1. The Morgan fingerprint density at radius 2 is 2.07 bits per heavy atom. The van der Waals surface area contributed by atoms with Crippen molar-refractivity contribution >= 4 is 0 Å². The lowest BCUT2D eigenvalue weighted by molar-refractivity contribution is -0.00530. The van der Waals surface area contributed by atoms with Gasteiger partial charge in [-0.25, -0.2) is 0 Å². The molecule has 0 saturated carbocycles. The van der Waals surface area contributed by atoms with Crippen LogP contribution in [0.5, 0.6) is 0 Å². The Kier molecular flexibility index (Phi) is 4.04. The summed E-state index contributed by atoms with van der Waals surface area (Å²) in [6.07, 6.45) is 3.66. The molecule has 0 fully saturated rings. The molecule has 0 aliphatic heterocycles. The van der Waals surface area contributed by atoms with E-state index in [0.29, 0.717) is 0 Å². The molecule has 14 heavy (non-hydrogen) atoms. The Morgan fingerprint density at radius 3 is 2.50 bits per heavy atom. The number of ether oxygens (including phenoxy) is 1. The SMILES string of the molecule is CC(C)OC(c1cccnc1)C(C)N. The molecule has 1 heterocycles. The van der Waals surface area contributed by atoms with Gasteiger partial charge in [-0.15, -0.1) is 0 Å². The summed E-state index contributed by atoms with van der Waals surface area (Å²) in [4.78, 5) is 4.06. The largest absolute Gasteiger partial charge is 0.369 e. The molecule has 1 rings (SSSR count). The zero-order valence-electron chi connectivity index (χ0n) is 8.97. The third-order valence-corrected chi connectivity index (χ3v) is 1.91. The minimum atomic E-state index is -0.0660. The molecule has 0 aromatic carbocycles. The van der Waals surface area contributed by atoms with Crippen molar-refractivity contribution in [2.45, 2.75) is 39.0 Å². The van der Waals surface area contributed by atoms with Crippen LogP contribution in [0.25, 0.3) is 0 Å². The monoisotopic (exact) mass is 194 g/mol. The van der Waals surface area contributed by atoms with Crippen LogP contribution in [0.2, 0.25) is 0 Å². The molecule has 2 N–H and O–H groups in total. The molecule has 0 aliphatic rings. The Labute approximate surface area is 85.3 Å². The van der Waals surface area contributed by atoms with Gasteiger partial charge in [0.1, 0.15) is 0 Å². The summed E-state index contributed by atoms with van der Waals surface area (Å²) >= 11 is 0. The van der Waals surface area contributed by atoms with E-state index in [9.17, 15) is 0 Å². The van der Waals surface area contributed by atoms with Gasteiger partial charge in [-0.05, 0) is 26.8 Å². The lowest BCUT2D eigenvalue weighted by Crippen LogP contribution is -2.28. The number of pyridine rings is 1. The zero-order chi connectivity index (χ0) is 10.6. The van der Waals surface area contributed by atoms with Crippen LogP contribution < -0.4 is 5.73 Å². The molecule has 1 aromatic heterocycles. The molecule has 3 nitrogen and oxygen atoms in total. The van der Waals surface area contributed by atoms with E-state index in [-0.39, 0.29) is 18.2 Å².